The first-order valence-corrected chi connectivity index (χ1v) is 37.9. The van der Waals surface area contributed by atoms with Crippen molar-refractivity contribution >= 4 is 37.8 Å². The molecule has 0 bridgehead atoms. The van der Waals surface area contributed by atoms with Crippen LogP contribution in [0.25, 0.3) is 56.7 Å². The van der Waals surface area contributed by atoms with Gasteiger partial charge in [0, 0.05) is 72.4 Å². The van der Waals surface area contributed by atoms with E-state index in [1.807, 2.05) is 91.0 Å². The number of hydrogen-bond acceptors (Lipinski definition) is 6. The van der Waals surface area contributed by atoms with Crippen LogP contribution in [0.5, 0.6) is 34.5 Å². The third kappa shape index (κ3) is 14.1. The molecule has 0 fully saturated rings. The Kier molecular flexibility index (Phi) is 17.5. The van der Waals surface area contributed by atoms with E-state index < -0.39 is 31.1 Å². The fourth-order valence-electron chi connectivity index (χ4n) is 11.0. The van der Waals surface area contributed by atoms with Crippen LogP contribution in [0.2, 0.25) is 39.3 Å². The van der Waals surface area contributed by atoms with Crippen LogP contribution in [0.3, 0.4) is 0 Å². The molecule has 10 rings (SSSR count). The third-order valence-corrected chi connectivity index (χ3v) is 20.1. The van der Waals surface area contributed by atoms with E-state index in [9.17, 15) is 0 Å². The molecular formula is C77H78O6Si3. The van der Waals surface area contributed by atoms with Gasteiger partial charge in [-0.3, -0.25) is 0 Å². The van der Waals surface area contributed by atoms with E-state index in [4.69, 9.17) is 26.6 Å². The molecule has 0 aliphatic carbocycles. The topological polar surface area (TPSA) is 55.4 Å². The molecule has 0 aromatic heterocycles. The Morgan fingerprint density at radius 2 is 0.651 bits per heavy atom. The van der Waals surface area contributed by atoms with E-state index in [2.05, 4.69) is 245 Å². The molecule has 0 N–H and O–H groups in total. The van der Waals surface area contributed by atoms with Gasteiger partial charge < -0.3 is 26.6 Å². The van der Waals surface area contributed by atoms with E-state index in [1.165, 1.54) is 11.1 Å². The van der Waals surface area contributed by atoms with Crippen molar-refractivity contribution in [3.63, 3.8) is 0 Å². The zero-order chi connectivity index (χ0) is 60.9. The van der Waals surface area contributed by atoms with E-state index in [0.29, 0.717) is 0 Å². The quantitative estimate of drug-likeness (QED) is 0.0631. The molecule has 9 heteroatoms. The Labute approximate surface area is 513 Å². The van der Waals surface area contributed by atoms with Crippen molar-refractivity contribution in [2.75, 3.05) is 0 Å². The molecule has 0 saturated heterocycles. The lowest BCUT2D eigenvalue weighted by Crippen LogP contribution is -2.42. The normalized spacial score (nSPS) is 12.0. The van der Waals surface area contributed by atoms with Gasteiger partial charge in [0.1, 0.15) is 34.5 Å². The van der Waals surface area contributed by atoms with Gasteiger partial charge in [0.15, 0.2) is 0 Å². The van der Waals surface area contributed by atoms with E-state index in [-0.39, 0.29) is 5.41 Å². The largest absolute Gasteiger partial charge is 0.512 e. The molecule has 0 aliphatic rings. The van der Waals surface area contributed by atoms with Crippen molar-refractivity contribution in [3.05, 3.63) is 289 Å². The average molecular weight is 1180 g/mol. The molecule has 0 heterocycles. The average Bonchev–Trinajstić information content (AvgIpc) is 3.12. The standard InChI is InChI=1S/C77H78O6Si3/c1-14-56-29-51-67(52-30-56)79-85(10,11)82-74-26-19-17-23-71(74)76(4,5)64-45-41-60(42-46-64)59-35-39-63(40-36-59)70-22-20-24-72(75(70)83-86(12,13)80-68-53-31-57(15-2)32-54-68)77(6,7)65-47-43-61(44-48-65)58-33-37-62(38-34-58)69-21-16-18-25-73(69)81-84(8,9)78-66-49-27-55(3)28-50-66/h14-54H,1-2H2,3-13H3. The second-order valence-corrected chi connectivity index (χ2v) is 34.0. The van der Waals surface area contributed by atoms with Crippen molar-refractivity contribution < 1.29 is 26.6 Å². The Balaban J connectivity index is 0.897. The molecule has 0 radical (unpaired) electrons. The predicted octanol–water partition coefficient (Wildman–Crippen LogP) is 21.1. The molecule has 0 spiro atoms. The molecule has 0 amide bonds. The Morgan fingerprint density at radius 1 is 0.314 bits per heavy atom. The van der Waals surface area contributed by atoms with Gasteiger partial charge in [-0.2, -0.15) is 0 Å². The fraction of sp³-hybridized carbons (Fsp3) is 0.169. The van der Waals surface area contributed by atoms with Crippen molar-refractivity contribution in [1.29, 1.82) is 0 Å². The van der Waals surface area contributed by atoms with E-state index in [1.54, 1.807) is 0 Å². The second-order valence-electron chi connectivity index (χ2n) is 24.4. The van der Waals surface area contributed by atoms with Crippen LogP contribution >= 0.6 is 0 Å². The summed E-state index contributed by atoms with van der Waals surface area (Å²) in [5, 5.41) is 0. The van der Waals surface area contributed by atoms with Gasteiger partial charge in [0.25, 0.3) is 0 Å². The lowest BCUT2D eigenvalue weighted by molar-refractivity contribution is 0.392. The first-order valence-electron chi connectivity index (χ1n) is 29.5. The van der Waals surface area contributed by atoms with Gasteiger partial charge in [0.05, 0.1) is 0 Å². The van der Waals surface area contributed by atoms with Crippen LogP contribution in [0.1, 0.15) is 66.6 Å². The highest BCUT2D eigenvalue weighted by Gasteiger charge is 2.37. The highest BCUT2D eigenvalue weighted by molar-refractivity contribution is 6.67. The van der Waals surface area contributed by atoms with Gasteiger partial charge in [-0.1, -0.05) is 247 Å². The van der Waals surface area contributed by atoms with Gasteiger partial charge in [-0.25, -0.2) is 0 Å². The predicted molar refractivity (Wildman–Crippen MR) is 366 cm³/mol. The van der Waals surface area contributed by atoms with Crippen LogP contribution in [0, 0.1) is 6.92 Å². The van der Waals surface area contributed by atoms with Gasteiger partial charge >= 0.3 is 25.7 Å². The first-order chi connectivity index (χ1) is 41.1. The van der Waals surface area contributed by atoms with Crippen molar-refractivity contribution in [2.24, 2.45) is 0 Å². The zero-order valence-corrected chi connectivity index (χ0v) is 54.5. The number of rotatable bonds is 22. The summed E-state index contributed by atoms with van der Waals surface area (Å²) < 4.78 is 40.5. The minimum absolute atomic E-state index is 0.363. The number of para-hydroxylation sites is 3. The van der Waals surface area contributed by atoms with E-state index >= 15 is 0 Å². The summed E-state index contributed by atoms with van der Waals surface area (Å²) in [7, 11) is -8.14. The monoisotopic (exact) mass is 1180 g/mol. The minimum Gasteiger partial charge on any atom is -0.512 e. The Hall–Kier alpha value is -8.87. The summed E-state index contributed by atoms with van der Waals surface area (Å²) in [6.45, 7) is 31.5. The van der Waals surface area contributed by atoms with Crippen LogP contribution in [-0.2, 0) is 10.8 Å². The fourth-order valence-corrected chi connectivity index (χ4v) is 15.4. The summed E-state index contributed by atoms with van der Waals surface area (Å²) >= 11 is 0. The molecule has 86 heavy (non-hydrogen) atoms. The number of hydrogen-bond donors (Lipinski definition) is 0. The van der Waals surface area contributed by atoms with Crippen molar-refractivity contribution in [3.8, 4) is 79.0 Å². The summed E-state index contributed by atoms with van der Waals surface area (Å²) in [5.74, 6) is 4.83. The van der Waals surface area contributed by atoms with Gasteiger partial charge in [-0.05, 0) is 111 Å². The summed E-state index contributed by atoms with van der Waals surface area (Å²) in [6, 6.07) is 82.6. The SMILES string of the molecule is C=Cc1ccc(O[Si](C)(C)Oc2ccccc2C(C)(C)c2ccc(-c3ccc(-c4cccc(C(C)(C)c5ccc(-c6ccc(-c7ccccc7O[Si](C)(C)Oc7ccc(C)cc7)cc6)cc5)c4O[Si](C)(C)Oc4ccc(C=C)cc4)cc3)cc2)cc1. The molecular weight excluding hydrogens is 1110 g/mol. The molecule has 0 atom stereocenters. The summed E-state index contributed by atoms with van der Waals surface area (Å²) in [5.41, 5.74) is 15.6. The summed E-state index contributed by atoms with van der Waals surface area (Å²) in [4.78, 5) is 0. The van der Waals surface area contributed by atoms with Gasteiger partial charge in [0.2, 0.25) is 0 Å². The van der Waals surface area contributed by atoms with Crippen LogP contribution in [-0.4, -0.2) is 25.7 Å². The van der Waals surface area contributed by atoms with Gasteiger partial charge in [-0.15, -0.1) is 0 Å². The zero-order valence-electron chi connectivity index (χ0n) is 51.5. The van der Waals surface area contributed by atoms with Crippen molar-refractivity contribution in [1.82, 2.24) is 0 Å². The van der Waals surface area contributed by atoms with Crippen LogP contribution in [0.4, 0.5) is 0 Å². The second kappa shape index (κ2) is 25.0. The highest BCUT2D eigenvalue weighted by Crippen LogP contribution is 2.46. The molecule has 10 aromatic carbocycles. The minimum atomic E-state index is -2.90. The molecule has 0 unspecified atom stereocenters. The lowest BCUT2D eigenvalue weighted by atomic mass is 9.76. The summed E-state index contributed by atoms with van der Waals surface area (Å²) in [6.07, 6.45) is 3.67. The maximum atomic E-state index is 7.32. The highest BCUT2D eigenvalue weighted by atomic mass is 28.4. The van der Waals surface area contributed by atoms with E-state index in [0.717, 1.165) is 107 Å². The molecule has 0 saturated carbocycles. The molecule has 6 nitrogen and oxygen atoms in total. The van der Waals surface area contributed by atoms with Crippen molar-refractivity contribution in [2.45, 2.75) is 84.7 Å². The maximum Gasteiger partial charge on any atom is 0.454 e. The lowest BCUT2D eigenvalue weighted by Gasteiger charge is -2.33. The van der Waals surface area contributed by atoms with Crippen LogP contribution in [0.15, 0.2) is 250 Å². The Bertz CT molecular complexity index is 3960. The Morgan fingerprint density at radius 3 is 1.12 bits per heavy atom. The van der Waals surface area contributed by atoms with Crippen LogP contribution < -0.4 is 26.6 Å². The molecule has 10 aromatic rings. The maximum absolute atomic E-state index is 7.32. The third-order valence-electron chi connectivity index (χ3n) is 15.8. The molecule has 434 valence electrons. The first kappa shape index (κ1) is 60.3. The number of aryl methyl sites for hydroxylation is 1. The smallest absolute Gasteiger partial charge is 0.454 e. The molecule has 0 aliphatic heterocycles. The number of benzene rings is 10.